The number of nitrogens with one attached hydrogen (secondary N) is 1. The van der Waals surface area contributed by atoms with Crippen molar-refractivity contribution in [3.8, 4) is 5.75 Å². The molecule has 0 saturated heterocycles. The molecule has 1 aromatic heterocycles. The molecule has 190 valence electrons. The molecule has 1 unspecified atom stereocenters. The van der Waals surface area contributed by atoms with Crippen LogP contribution >= 0.6 is 0 Å². The van der Waals surface area contributed by atoms with E-state index in [0.29, 0.717) is 5.56 Å². The van der Waals surface area contributed by atoms with E-state index in [1.165, 1.54) is 12.1 Å². The first-order valence-electron chi connectivity index (χ1n) is 10.6. The van der Waals surface area contributed by atoms with Crippen molar-refractivity contribution in [2.75, 3.05) is 6.61 Å². The Kier molecular flexibility index (Phi) is 7.27. The lowest BCUT2D eigenvalue weighted by molar-refractivity contribution is -0.142. The highest BCUT2D eigenvalue weighted by Gasteiger charge is 2.32. The average Bonchev–Trinajstić information content (AvgIpc) is 3.23. The van der Waals surface area contributed by atoms with Gasteiger partial charge < -0.3 is 29.6 Å². The van der Waals surface area contributed by atoms with Crippen LogP contribution in [0.25, 0.3) is 0 Å². The van der Waals surface area contributed by atoms with Gasteiger partial charge in [0.05, 0.1) is 43.2 Å². The molecule has 1 aliphatic heterocycles. The number of carbonyl (C=O) groups excluding carboxylic acids is 1. The minimum absolute atomic E-state index is 0.0577. The molecule has 1 amide bonds. The Morgan fingerprint density at radius 2 is 1.80 bits per heavy atom. The number of amides is 1. The number of aromatic nitrogens is 1. The number of benzene rings is 1. The van der Waals surface area contributed by atoms with Crippen LogP contribution in [0.3, 0.4) is 0 Å². The van der Waals surface area contributed by atoms with Crippen LogP contribution in [0.5, 0.6) is 5.75 Å². The van der Waals surface area contributed by atoms with E-state index >= 15 is 0 Å². The van der Waals surface area contributed by atoms with Gasteiger partial charge in [-0.15, -0.1) is 0 Å². The molecule has 0 saturated carbocycles. The molecule has 3 N–H and O–H groups in total. The van der Waals surface area contributed by atoms with Crippen molar-refractivity contribution in [3.63, 3.8) is 0 Å². The number of fused-ring (bicyclic) bond motifs is 1. The van der Waals surface area contributed by atoms with E-state index in [-0.39, 0.29) is 37.6 Å². The van der Waals surface area contributed by atoms with E-state index in [4.69, 9.17) is 9.47 Å². The van der Waals surface area contributed by atoms with Gasteiger partial charge in [0.2, 0.25) is 0 Å². The fraction of sp³-hybridized carbons (Fsp3) is 0.435. The van der Waals surface area contributed by atoms with Gasteiger partial charge in [0, 0.05) is 5.56 Å². The maximum Gasteiger partial charge on any atom is 0.416 e. The van der Waals surface area contributed by atoms with E-state index in [9.17, 15) is 37.8 Å². The Labute approximate surface area is 198 Å². The van der Waals surface area contributed by atoms with Gasteiger partial charge >= 0.3 is 12.1 Å². The van der Waals surface area contributed by atoms with Crippen molar-refractivity contribution in [2.45, 2.75) is 58.3 Å². The number of carboxylic acids is 1. The molecular formula is C23H25F3N2O7. The minimum atomic E-state index is -4.52. The van der Waals surface area contributed by atoms with Gasteiger partial charge in [0.15, 0.2) is 6.04 Å². The minimum Gasteiger partial charge on any atom is -0.506 e. The summed E-state index contributed by atoms with van der Waals surface area (Å²) in [5, 5.41) is 22.3. The van der Waals surface area contributed by atoms with Crippen molar-refractivity contribution in [1.29, 1.82) is 0 Å². The summed E-state index contributed by atoms with van der Waals surface area (Å²) in [6.07, 6.45) is -4.52. The summed E-state index contributed by atoms with van der Waals surface area (Å²) in [4.78, 5) is 37.7. The third kappa shape index (κ3) is 6.01. The molecule has 0 aliphatic carbocycles. The third-order valence-corrected chi connectivity index (χ3v) is 5.28. The van der Waals surface area contributed by atoms with Crippen LogP contribution in [-0.4, -0.2) is 44.9 Å². The summed E-state index contributed by atoms with van der Waals surface area (Å²) in [7, 11) is 0. The van der Waals surface area contributed by atoms with Crippen LogP contribution in [0.2, 0.25) is 0 Å². The van der Waals surface area contributed by atoms with Gasteiger partial charge in [-0.05, 0) is 38.5 Å². The number of aromatic hydroxyl groups is 1. The second-order valence-corrected chi connectivity index (χ2v) is 9.02. The first kappa shape index (κ1) is 26.2. The van der Waals surface area contributed by atoms with Crippen LogP contribution in [0.4, 0.5) is 13.2 Å². The molecule has 0 bridgehead atoms. The van der Waals surface area contributed by atoms with E-state index in [0.717, 1.165) is 16.7 Å². The Balaban J connectivity index is 1.96. The number of ether oxygens (including phenoxy) is 2. The molecule has 1 atom stereocenters. The quantitative estimate of drug-likeness (QED) is 0.536. The predicted octanol–water partition coefficient (Wildman–Crippen LogP) is 2.65. The van der Waals surface area contributed by atoms with E-state index in [2.05, 4.69) is 5.32 Å². The number of nitrogens with zero attached hydrogens (tertiary/aromatic N) is 1. The predicted molar refractivity (Wildman–Crippen MR) is 116 cm³/mol. The highest BCUT2D eigenvalue weighted by atomic mass is 19.4. The van der Waals surface area contributed by atoms with Crippen LogP contribution in [0, 0.1) is 0 Å². The van der Waals surface area contributed by atoms with E-state index < -0.39 is 52.1 Å². The van der Waals surface area contributed by atoms with Gasteiger partial charge in [-0.1, -0.05) is 12.1 Å². The number of hydrogen-bond acceptors (Lipinski definition) is 6. The van der Waals surface area contributed by atoms with E-state index in [1.54, 1.807) is 20.8 Å². The van der Waals surface area contributed by atoms with Crippen molar-refractivity contribution >= 4 is 11.9 Å². The van der Waals surface area contributed by atoms with Crippen LogP contribution in [0.15, 0.2) is 29.1 Å². The smallest absolute Gasteiger partial charge is 0.416 e. The first-order chi connectivity index (χ1) is 16.2. The number of pyridine rings is 1. The molecule has 35 heavy (non-hydrogen) atoms. The molecule has 0 radical (unpaired) electrons. The van der Waals surface area contributed by atoms with Crippen LogP contribution < -0.4 is 10.9 Å². The molecule has 1 aliphatic rings. The van der Waals surface area contributed by atoms with Gasteiger partial charge in [-0.3, -0.25) is 9.59 Å². The molecule has 1 aromatic carbocycles. The topological polar surface area (TPSA) is 127 Å². The van der Waals surface area contributed by atoms with Crippen molar-refractivity contribution in [2.24, 2.45) is 0 Å². The Bertz CT molecular complexity index is 1180. The maximum atomic E-state index is 13.2. The zero-order valence-corrected chi connectivity index (χ0v) is 19.2. The number of hydrogen-bond donors (Lipinski definition) is 3. The summed E-state index contributed by atoms with van der Waals surface area (Å²) in [6.45, 7) is 4.33. The second-order valence-electron chi connectivity index (χ2n) is 9.02. The highest BCUT2D eigenvalue weighted by Crippen LogP contribution is 2.31. The number of halogens is 3. The number of alkyl halides is 3. The number of carbonyl (C=O) groups is 2. The molecule has 0 fully saturated rings. The fourth-order valence-corrected chi connectivity index (χ4v) is 3.47. The van der Waals surface area contributed by atoms with Crippen LogP contribution in [-0.2, 0) is 40.2 Å². The summed E-state index contributed by atoms with van der Waals surface area (Å²) in [5.41, 5.74) is -2.40. The summed E-state index contributed by atoms with van der Waals surface area (Å²) in [5.74, 6) is -3.17. The van der Waals surface area contributed by atoms with Crippen LogP contribution in [0.1, 0.15) is 53.5 Å². The van der Waals surface area contributed by atoms with Crippen molar-refractivity contribution in [1.82, 2.24) is 9.88 Å². The summed E-state index contributed by atoms with van der Waals surface area (Å²) < 4.78 is 50.4. The normalized spacial score (nSPS) is 14.5. The molecule has 12 heteroatoms. The lowest BCUT2D eigenvalue weighted by Gasteiger charge is -2.23. The Hall–Kier alpha value is -3.38. The molecule has 2 heterocycles. The standard InChI is InChI=1S/C23H25F3N2O7/c1-22(2,3)35-10-15(21(32)33)27-19(30)17-18(29)14-9-34-11-16(14)28(20(17)31)8-12-4-6-13(7-5-12)23(24,25)26/h4-7,15,29H,8-11H2,1-3H3,(H,27,30)(H,32,33). The van der Waals surface area contributed by atoms with Gasteiger partial charge in [-0.25, -0.2) is 4.79 Å². The Morgan fingerprint density at radius 3 is 2.34 bits per heavy atom. The lowest BCUT2D eigenvalue weighted by Crippen LogP contribution is -2.47. The third-order valence-electron chi connectivity index (χ3n) is 5.28. The summed E-state index contributed by atoms with van der Waals surface area (Å²) >= 11 is 0. The zero-order valence-electron chi connectivity index (χ0n) is 19.2. The lowest BCUT2D eigenvalue weighted by atomic mass is 10.1. The summed E-state index contributed by atoms with van der Waals surface area (Å²) in [6, 6.07) is 2.65. The second kappa shape index (κ2) is 9.70. The SMILES string of the molecule is CC(C)(C)OCC(NC(=O)c1c(O)c2c(n(Cc3ccc(C(F)(F)F)cc3)c1=O)COC2)C(=O)O. The van der Waals surface area contributed by atoms with Gasteiger partial charge in [-0.2, -0.15) is 13.2 Å². The van der Waals surface area contributed by atoms with Gasteiger partial charge in [0.1, 0.15) is 11.3 Å². The monoisotopic (exact) mass is 498 g/mol. The molecular weight excluding hydrogens is 473 g/mol. The van der Waals surface area contributed by atoms with Crippen molar-refractivity contribution < 1.29 is 42.4 Å². The average molecular weight is 498 g/mol. The number of carboxylic acid groups (broad SMARTS) is 1. The van der Waals surface area contributed by atoms with Crippen molar-refractivity contribution in [3.05, 3.63) is 62.6 Å². The molecule has 0 spiro atoms. The molecule has 2 aromatic rings. The molecule has 9 nitrogen and oxygen atoms in total. The Morgan fingerprint density at radius 1 is 1.17 bits per heavy atom. The highest BCUT2D eigenvalue weighted by molar-refractivity contribution is 5.99. The largest absolute Gasteiger partial charge is 0.506 e. The molecule has 3 rings (SSSR count). The van der Waals surface area contributed by atoms with Gasteiger partial charge in [0.25, 0.3) is 11.5 Å². The maximum absolute atomic E-state index is 13.2. The zero-order chi connectivity index (χ0) is 26.1. The van der Waals surface area contributed by atoms with E-state index in [1.807, 2.05) is 0 Å². The number of aliphatic carboxylic acids is 1. The number of rotatable bonds is 7. The fourth-order valence-electron chi connectivity index (χ4n) is 3.47. The first-order valence-corrected chi connectivity index (χ1v) is 10.6.